The zero-order valence-corrected chi connectivity index (χ0v) is 10.6. The summed E-state index contributed by atoms with van der Waals surface area (Å²) in [6.07, 6.45) is 1.03. The molecule has 0 aliphatic heterocycles. The van der Waals surface area contributed by atoms with Gasteiger partial charge in [0.2, 0.25) is 0 Å². The lowest BCUT2D eigenvalue weighted by atomic mass is 10.3. The molecule has 94 valence electrons. The SMILES string of the molecule is CC(C)N(C)S(=O)(=O)c1ccc(C(=O)O)cn1. The topological polar surface area (TPSA) is 87.6 Å². The Balaban J connectivity index is 3.13. The second-order valence-corrected chi connectivity index (χ2v) is 5.75. The van der Waals surface area contributed by atoms with Crippen molar-refractivity contribution < 1.29 is 18.3 Å². The van der Waals surface area contributed by atoms with Gasteiger partial charge in [-0.05, 0) is 26.0 Å². The molecule has 0 radical (unpaired) electrons. The van der Waals surface area contributed by atoms with Gasteiger partial charge in [0.15, 0.2) is 5.03 Å². The predicted molar refractivity (Wildman–Crippen MR) is 61.3 cm³/mol. The second-order valence-electron chi connectivity index (χ2n) is 3.81. The van der Waals surface area contributed by atoms with E-state index in [1.54, 1.807) is 13.8 Å². The van der Waals surface area contributed by atoms with Crippen LogP contribution < -0.4 is 0 Å². The Morgan fingerprint density at radius 2 is 2.00 bits per heavy atom. The molecule has 0 aromatic carbocycles. The maximum absolute atomic E-state index is 12.0. The van der Waals surface area contributed by atoms with Crippen molar-refractivity contribution in [3.63, 3.8) is 0 Å². The highest BCUT2D eigenvalue weighted by atomic mass is 32.2. The van der Waals surface area contributed by atoms with Gasteiger partial charge in [0, 0.05) is 19.3 Å². The molecule has 1 N–H and O–H groups in total. The van der Waals surface area contributed by atoms with Gasteiger partial charge in [-0.1, -0.05) is 0 Å². The molecule has 17 heavy (non-hydrogen) atoms. The normalized spacial score (nSPS) is 12.1. The molecule has 0 amide bonds. The van der Waals surface area contributed by atoms with Crippen molar-refractivity contribution in [2.24, 2.45) is 0 Å². The van der Waals surface area contributed by atoms with Gasteiger partial charge in [-0.2, -0.15) is 4.31 Å². The zero-order chi connectivity index (χ0) is 13.2. The van der Waals surface area contributed by atoms with Crippen LogP contribution in [0.15, 0.2) is 23.4 Å². The molecule has 0 atom stereocenters. The standard InChI is InChI=1S/C10H14N2O4S/c1-7(2)12(3)17(15,16)9-5-4-8(6-11-9)10(13)14/h4-7H,1-3H3,(H,13,14). The van der Waals surface area contributed by atoms with Crippen LogP contribution in [0.4, 0.5) is 0 Å². The highest BCUT2D eigenvalue weighted by Crippen LogP contribution is 2.14. The summed E-state index contributed by atoms with van der Waals surface area (Å²) in [5.74, 6) is -1.14. The van der Waals surface area contributed by atoms with Crippen LogP contribution in [0.25, 0.3) is 0 Å². The first-order valence-corrected chi connectivity index (χ1v) is 6.38. The minimum Gasteiger partial charge on any atom is -0.478 e. The number of pyridine rings is 1. The Kier molecular flexibility index (Phi) is 3.84. The van der Waals surface area contributed by atoms with Crippen LogP contribution in [0.5, 0.6) is 0 Å². The van der Waals surface area contributed by atoms with Gasteiger partial charge in [0.1, 0.15) is 0 Å². The first kappa shape index (κ1) is 13.6. The maximum atomic E-state index is 12.0. The number of sulfonamides is 1. The highest BCUT2D eigenvalue weighted by molar-refractivity contribution is 7.89. The van der Waals surface area contributed by atoms with Crippen LogP contribution in [-0.2, 0) is 10.0 Å². The largest absolute Gasteiger partial charge is 0.478 e. The average molecular weight is 258 g/mol. The summed E-state index contributed by atoms with van der Waals surface area (Å²) in [5, 5.41) is 8.52. The molecule has 7 heteroatoms. The van der Waals surface area contributed by atoms with E-state index < -0.39 is 16.0 Å². The average Bonchev–Trinajstić information content (AvgIpc) is 2.27. The summed E-state index contributed by atoms with van der Waals surface area (Å²) in [6, 6.07) is 2.22. The van der Waals surface area contributed by atoms with Crippen molar-refractivity contribution >= 4 is 16.0 Å². The Hall–Kier alpha value is -1.47. The minimum absolute atomic E-state index is 0.0452. The van der Waals surface area contributed by atoms with Crippen molar-refractivity contribution in [2.45, 2.75) is 24.9 Å². The van der Waals surface area contributed by atoms with Gasteiger partial charge in [-0.25, -0.2) is 18.2 Å². The van der Waals surface area contributed by atoms with E-state index >= 15 is 0 Å². The molecule has 1 aromatic rings. The Labute approximate surface area is 100.0 Å². The van der Waals surface area contributed by atoms with E-state index in [9.17, 15) is 13.2 Å². The van der Waals surface area contributed by atoms with Crippen molar-refractivity contribution in [1.82, 2.24) is 9.29 Å². The molecular weight excluding hydrogens is 244 g/mol. The third kappa shape index (κ3) is 2.80. The fourth-order valence-corrected chi connectivity index (χ4v) is 2.36. The predicted octanol–water partition coefficient (Wildman–Crippen LogP) is 0.809. The van der Waals surface area contributed by atoms with Crippen molar-refractivity contribution in [1.29, 1.82) is 0 Å². The van der Waals surface area contributed by atoms with Crippen LogP contribution >= 0.6 is 0 Å². The molecule has 0 spiro atoms. The molecule has 1 aromatic heterocycles. The molecule has 1 rings (SSSR count). The molecular formula is C10H14N2O4S. The van der Waals surface area contributed by atoms with E-state index in [1.165, 1.54) is 23.5 Å². The van der Waals surface area contributed by atoms with E-state index in [-0.39, 0.29) is 16.6 Å². The van der Waals surface area contributed by atoms with Gasteiger partial charge in [-0.15, -0.1) is 0 Å². The van der Waals surface area contributed by atoms with E-state index in [0.717, 1.165) is 6.20 Å². The van der Waals surface area contributed by atoms with Gasteiger partial charge >= 0.3 is 5.97 Å². The number of hydrogen-bond donors (Lipinski definition) is 1. The maximum Gasteiger partial charge on any atom is 0.337 e. The summed E-state index contributed by atoms with van der Waals surface area (Å²) < 4.78 is 25.1. The number of rotatable bonds is 4. The molecule has 0 saturated carbocycles. The Morgan fingerprint density at radius 3 is 2.35 bits per heavy atom. The molecule has 0 aliphatic carbocycles. The summed E-state index contributed by atoms with van der Waals surface area (Å²) in [5.41, 5.74) is -0.0452. The number of aromatic carboxylic acids is 1. The number of hydrogen-bond acceptors (Lipinski definition) is 4. The summed E-state index contributed by atoms with van der Waals surface area (Å²) in [6.45, 7) is 3.48. The van der Waals surface area contributed by atoms with Crippen LogP contribution in [0.2, 0.25) is 0 Å². The lowest BCUT2D eigenvalue weighted by Crippen LogP contribution is -2.33. The first-order valence-electron chi connectivity index (χ1n) is 4.94. The van der Waals surface area contributed by atoms with Crippen molar-refractivity contribution in [3.05, 3.63) is 23.9 Å². The van der Waals surface area contributed by atoms with Gasteiger partial charge in [-0.3, -0.25) is 0 Å². The van der Waals surface area contributed by atoms with E-state index in [4.69, 9.17) is 5.11 Å². The molecule has 0 bridgehead atoms. The Morgan fingerprint density at radius 1 is 1.41 bits per heavy atom. The summed E-state index contributed by atoms with van der Waals surface area (Å²) >= 11 is 0. The fourth-order valence-electron chi connectivity index (χ4n) is 1.08. The lowest BCUT2D eigenvalue weighted by molar-refractivity contribution is 0.0696. The quantitative estimate of drug-likeness (QED) is 0.863. The smallest absolute Gasteiger partial charge is 0.337 e. The number of nitrogens with zero attached hydrogens (tertiary/aromatic N) is 2. The number of aromatic nitrogens is 1. The minimum atomic E-state index is -3.65. The third-order valence-electron chi connectivity index (χ3n) is 2.35. The Bertz CT molecular complexity index is 508. The zero-order valence-electron chi connectivity index (χ0n) is 9.78. The second kappa shape index (κ2) is 4.80. The molecule has 0 unspecified atom stereocenters. The number of carboxylic acid groups (broad SMARTS) is 1. The number of carbonyl (C=O) groups is 1. The van der Waals surface area contributed by atoms with Gasteiger partial charge in [0.05, 0.1) is 5.56 Å². The van der Waals surface area contributed by atoms with Gasteiger partial charge < -0.3 is 5.11 Å². The van der Waals surface area contributed by atoms with Crippen LogP contribution in [0.1, 0.15) is 24.2 Å². The summed E-state index contributed by atoms with van der Waals surface area (Å²) in [7, 11) is -2.20. The summed E-state index contributed by atoms with van der Waals surface area (Å²) in [4.78, 5) is 14.3. The molecule has 0 saturated heterocycles. The molecule has 0 fully saturated rings. The molecule has 1 heterocycles. The third-order valence-corrected chi connectivity index (χ3v) is 4.30. The van der Waals surface area contributed by atoms with Gasteiger partial charge in [0.25, 0.3) is 10.0 Å². The lowest BCUT2D eigenvalue weighted by Gasteiger charge is -2.20. The van der Waals surface area contributed by atoms with Crippen LogP contribution in [-0.4, -0.2) is 41.9 Å². The van der Waals surface area contributed by atoms with E-state index in [2.05, 4.69) is 4.98 Å². The van der Waals surface area contributed by atoms with Crippen molar-refractivity contribution in [2.75, 3.05) is 7.05 Å². The fraction of sp³-hybridized carbons (Fsp3) is 0.400. The monoisotopic (exact) mass is 258 g/mol. The van der Waals surface area contributed by atoms with Crippen LogP contribution in [0, 0.1) is 0 Å². The van der Waals surface area contributed by atoms with Crippen molar-refractivity contribution in [3.8, 4) is 0 Å². The molecule has 6 nitrogen and oxygen atoms in total. The number of carboxylic acids is 1. The first-order chi connectivity index (χ1) is 7.76. The van der Waals surface area contributed by atoms with E-state index in [0.29, 0.717) is 0 Å². The molecule has 0 aliphatic rings. The van der Waals surface area contributed by atoms with Crippen LogP contribution in [0.3, 0.4) is 0 Å². The van der Waals surface area contributed by atoms with E-state index in [1.807, 2.05) is 0 Å². The highest BCUT2D eigenvalue weighted by Gasteiger charge is 2.24.